The first-order chi connectivity index (χ1) is 12.9. The number of fused-ring (bicyclic) bond motifs is 1. The fourth-order valence-electron chi connectivity index (χ4n) is 2.94. The van der Waals surface area contributed by atoms with Crippen LogP contribution < -0.4 is 5.32 Å². The lowest BCUT2D eigenvalue weighted by atomic mass is 9.98. The van der Waals surface area contributed by atoms with Crippen molar-refractivity contribution >= 4 is 47.1 Å². The molecular formula is C16H17N3O6S2. The molecule has 3 heterocycles. The Hall–Kier alpha value is -2.37. The van der Waals surface area contributed by atoms with E-state index in [1.54, 1.807) is 0 Å². The van der Waals surface area contributed by atoms with Crippen molar-refractivity contribution in [1.29, 1.82) is 0 Å². The van der Waals surface area contributed by atoms with Crippen LogP contribution in [0.25, 0.3) is 0 Å². The van der Waals surface area contributed by atoms with E-state index in [1.165, 1.54) is 43.5 Å². The lowest BCUT2D eigenvalue weighted by molar-refractivity contribution is -0.192. The van der Waals surface area contributed by atoms with Gasteiger partial charge in [-0.3, -0.25) is 14.5 Å². The average molecular weight is 411 g/mol. The fraction of sp³-hybridized carbons (Fsp3) is 0.375. The molecule has 144 valence electrons. The summed E-state index contributed by atoms with van der Waals surface area (Å²) in [5.74, 6) is -2.00. The third-order valence-electron chi connectivity index (χ3n) is 4.14. The van der Waals surface area contributed by atoms with Gasteiger partial charge in [-0.05, 0) is 11.4 Å². The highest BCUT2D eigenvalue weighted by atomic mass is 32.2. The summed E-state index contributed by atoms with van der Waals surface area (Å²) in [6.45, 7) is 0. The van der Waals surface area contributed by atoms with E-state index < -0.39 is 23.0 Å². The molecule has 27 heavy (non-hydrogen) atoms. The molecule has 0 aliphatic carbocycles. The first-order valence-electron chi connectivity index (χ1n) is 7.81. The number of carbonyl (C=O) groups excluding carboxylic acids is 2. The predicted octanol–water partition coefficient (Wildman–Crippen LogP) is 0.636. The third kappa shape index (κ3) is 3.33. The summed E-state index contributed by atoms with van der Waals surface area (Å²) < 4.78 is 5.38. The number of hydrogen-bond acceptors (Lipinski definition) is 8. The Bertz CT molecular complexity index is 822. The molecule has 3 rings (SSSR count). The van der Waals surface area contributed by atoms with Crippen LogP contribution in [0, 0.1) is 0 Å². The Morgan fingerprint density at radius 1 is 1.52 bits per heavy atom. The number of ether oxygens (including phenoxy) is 1. The zero-order valence-corrected chi connectivity index (χ0v) is 16.1. The number of carboxylic acid groups (broad SMARTS) is 1. The summed E-state index contributed by atoms with van der Waals surface area (Å²) in [6, 6.07) is 3.65. The summed E-state index contributed by atoms with van der Waals surface area (Å²) in [7, 11) is 2.65. The van der Waals surface area contributed by atoms with Gasteiger partial charge in [0, 0.05) is 23.3 Å². The van der Waals surface area contributed by atoms with Crippen LogP contribution in [-0.4, -0.2) is 65.1 Å². The number of oxime groups is 1. The normalized spacial score (nSPS) is 24.6. The number of nitrogens with one attached hydrogen (secondary N) is 1. The minimum Gasteiger partial charge on any atom is -0.477 e. The molecule has 0 unspecified atom stereocenters. The molecule has 2 aliphatic rings. The number of aliphatic carboxylic acids is 1. The van der Waals surface area contributed by atoms with Gasteiger partial charge in [-0.25, -0.2) is 4.79 Å². The Morgan fingerprint density at radius 2 is 2.30 bits per heavy atom. The van der Waals surface area contributed by atoms with Crippen LogP contribution in [-0.2, 0) is 30.4 Å². The number of thioether (sulfide) groups is 1. The highest BCUT2D eigenvalue weighted by Crippen LogP contribution is 2.46. The molecule has 2 aliphatic heterocycles. The molecule has 1 fully saturated rings. The number of carbonyl (C=O) groups is 3. The average Bonchev–Trinajstić information content (AvgIpc) is 3.15. The molecule has 11 heteroatoms. The second-order valence-electron chi connectivity index (χ2n) is 5.68. The van der Waals surface area contributed by atoms with Crippen molar-refractivity contribution in [2.75, 3.05) is 20.0 Å². The van der Waals surface area contributed by atoms with Crippen molar-refractivity contribution in [2.45, 2.75) is 17.5 Å². The molecular weight excluding hydrogens is 394 g/mol. The summed E-state index contributed by atoms with van der Waals surface area (Å²) >= 11 is 2.71. The van der Waals surface area contributed by atoms with Gasteiger partial charge in [-0.15, -0.1) is 23.1 Å². The van der Waals surface area contributed by atoms with E-state index in [2.05, 4.69) is 15.3 Å². The predicted molar refractivity (Wildman–Crippen MR) is 99.2 cm³/mol. The van der Waals surface area contributed by atoms with Gasteiger partial charge in [0.15, 0.2) is 0 Å². The fourth-order valence-corrected chi connectivity index (χ4v) is 5.03. The first-order valence-corrected chi connectivity index (χ1v) is 9.74. The smallest absolute Gasteiger partial charge is 0.353 e. The van der Waals surface area contributed by atoms with E-state index >= 15 is 0 Å². The van der Waals surface area contributed by atoms with E-state index in [-0.39, 0.29) is 23.8 Å². The number of methoxy groups -OCH3 is 1. The van der Waals surface area contributed by atoms with E-state index in [0.29, 0.717) is 5.57 Å². The molecule has 2 atom stereocenters. The van der Waals surface area contributed by atoms with Gasteiger partial charge in [0.2, 0.25) is 5.91 Å². The number of β-lactam (4-membered cyclic amide) rings is 1. The standard InChI is InChI=1S/C16H17N3O6S2/c1-24-16(18-11(20)6-10-4-3-5-26-10)14(23)19-12(13(21)22)9(7-17-25-2)8-27-15(16)19/h3-5,7,15H,6,8H2,1-2H3,(H,18,20)(H,21,22)/t15-,16-/m0/s1. The molecule has 0 bridgehead atoms. The van der Waals surface area contributed by atoms with Crippen molar-refractivity contribution in [3.63, 3.8) is 0 Å². The monoisotopic (exact) mass is 411 g/mol. The molecule has 1 saturated heterocycles. The number of nitrogens with zero attached hydrogens (tertiary/aromatic N) is 2. The van der Waals surface area contributed by atoms with Gasteiger partial charge in [0.25, 0.3) is 11.6 Å². The van der Waals surface area contributed by atoms with Crippen molar-refractivity contribution in [3.05, 3.63) is 33.7 Å². The Balaban J connectivity index is 1.84. The minimum absolute atomic E-state index is 0.112. The summed E-state index contributed by atoms with van der Waals surface area (Å²) in [5.41, 5.74) is -1.44. The number of hydrogen-bond donors (Lipinski definition) is 2. The first kappa shape index (κ1) is 19.4. The van der Waals surface area contributed by atoms with Crippen molar-refractivity contribution in [1.82, 2.24) is 10.2 Å². The Kier molecular flexibility index (Phi) is 5.53. The van der Waals surface area contributed by atoms with Gasteiger partial charge >= 0.3 is 5.97 Å². The maximum atomic E-state index is 12.8. The molecule has 9 nitrogen and oxygen atoms in total. The molecule has 0 spiro atoms. The van der Waals surface area contributed by atoms with Crippen LogP contribution in [0.4, 0.5) is 0 Å². The lowest BCUT2D eigenvalue weighted by Crippen LogP contribution is -2.80. The van der Waals surface area contributed by atoms with Crippen LogP contribution in [0.5, 0.6) is 0 Å². The molecule has 2 amide bonds. The third-order valence-corrected chi connectivity index (χ3v) is 6.35. The second kappa shape index (κ2) is 7.71. The number of thiophene rings is 1. The van der Waals surface area contributed by atoms with Crippen molar-refractivity contribution in [3.8, 4) is 0 Å². The van der Waals surface area contributed by atoms with Gasteiger partial charge in [-0.2, -0.15) is 0 Å². The van der Waals surface area contributed by atoms with Crippen LogP contribution >= 0.6 is 23.1 Å². The Labute approximate surface area is 163 Å². The van der Waals surface area contributed by atoms with E-state index in [1.807, 2.05) is 17.5 Å². The molecule has 1 aromatic heterocycles. The largest absolute Gasteiger partial charge is 0.477 e. The molecule has 0 saturated carbocycles. The Morgan fingerprint density at radius 3 is 2.89 bits per heavy atom. The van der Waals surface area contributed by atoms with Crippen LogP contribution in [0.3, 0.4) is 0 Å². The van der Waals surface area contributed by atoms with Gasteiger partial charge < -0.3 is 20.0 Å². The van der Waals surface area contributed by atoms with Gasteiger partial charge in [0.1, 0.15) is 18.2 Å². The highest BCUT2D eigenvalue weighted by Gasteiger charge is 2.66. The van der Waals surface area contributed by atoms with Crippen molar-refractivity contribution < 1.29 is 29.1 Å². The zero-order valence-electron chi connectivity index (χ0n) is 14.5. The van der Waals surface area contributed by atoms with Gasteiger partial charge in [0.05, 0.1) is 12.6 Å². The highest BCUT2D eigenvalue weighted by molar-refractivity contribution is 8.00. The number of carboxylic acids is 1. The summed E-state index contributed by atoms with van der Waals surface area (Å²) in [5, 5.41) is 17.0. The maximum Gasteiger partial charge on any atom is 0.353 e. The number of rotatable bonds is 7. The van der Waals surface area contributed by atoms with E-state index in [0.717, 1.165) is 9.78 Å². The van der Waals surface area contributed by atoms with Gasteiger partial charge in [-0.1, -0.05) is 11.2 Å². The summed E-state index contributed by atoms with van der Waals surface area (Å²) in [6.07, 6.45) is 1.38. The SMILES string of the molecule is CON=CC1=C(C(=O)O)N2C(=O)[C@](NC(=O)Cc3cccs3)(OC)[C@@H]2SC1. The van der Waals surface area contributed by atoms with Crippen LogP contribution in [0.15, 0.2) is 33.9 Å². The van der Waals surface area contributed by atoms with Crippen LogP contribution in [0.2, 0.25) is 0 Å². The molecule has 0 aromatic carbocycles. The summed E-state index contributed by atoms with van der Waals surface area (Å²) in [4.78, 5) is 43.5. The minimum atomic E-state index is -1.59. The number of amides is 2. The zero-order chi connectivity index (χ0) is 19.6. The quantitative estimate of drug-likeness (QED) is 0.293. The second-order valence-corrected chi connectivity index (χ2v) is 7.78. The topological polar surface area (TPSA) is 118 Å². The molecule has 2 N–H and O–H groups in total. The van der Waals surface area contributed by atoms with Crippen molar-refractivity contribution in [2.24, 2.45) is 5.16 Å². The van der Waals surface area contributed by atoms with E-state index in [4.69, 9.17) is 4.74 Å². The molecule has 0 radical (unpaired) electrons. The lowest BCUT2D eigenvalue weighted by Gasteiger charge is -2.55. The molecule has 1 aromatic rings. The van der Waals surface area contributed by atoms with Crippen LogP contribution in [0.1, 0.15) is 4.88 Å². The van der Waals surface area contributed by atoms with E-state index in [9.17, 15) is 19.5 Å². The maximum absolute atomic E-state index is 12.8.